The lowest BCUT2D eigenvalue weighted by Crippen LogP contribution is -2.49. The molecule has 0 aliphatic carbocycles. The van der Waals surface area contributed by atoms with E-state index < -0.39 is 25.9 Å². The second-order valence-electron chi connectivity index (χ2n) is 4.50. The van der Waals surface area contributed by atoms with Gasteiger partial charge in [0, 0.05) is 24.8 Å². The van der Waals surface area contributed by atoms with Crippen molar-refractivity contribution < 1.29 is 16.8 Å². The van der Waals surface area contributed by atoms with Gasteiger partial charge in [-0.15, -0.1) is 0 Å². The fraction of sp³-hybridized carbons (Fsp3) is 0.500. The lowest BCUT2D eigenvalue weighted by molar-refractivity contribution is 0.357. The first-order valence-electron chi connectivity index (χ1n) is 5.66. The fourth-order valence-electron chi connectivity index (χ4n) is 2.06. The average molecular weight is 305 g/mol. The molecule has 0 aromatic carbocycles. The molecule has 2 heterocycles. The van der Waals surface area contributed by atoms with Gasteiger partial charge in [-0.25, -0.2) is 21.8 Å². The molecule has 0 spiro atoms. The van der Waals surface area contributed by atoms with Crippen LogP contribution in [-0.4, -0.2) is 50.2 Å². The summed E-state index contributed by atoms with van der Waals surface area (Å²) < 4.78 is 49.0. The number of nitrogen functional groups attached to an aromatic ring is 1. The van der Waals surface area contributed by atoms with E-state index in [1.807, 2.05) is 0 Å². The predicted molar refractivity (Wildman–Crippen MR) is 70.7 cm³/mol. The first-order chi connectivity index (χ1) is 8.72. The van der Waals surface area contributed by atoms with Gasteiger partial charge in [-0.05, 0) is 13.0 Å². The van der Waals surface area contributed by atoms with Crippen molar-refractivity contribution in [3.63, 3.8) is 0 Å². The molecule has 1 aliphatic heterocycles. The number of pyridine rings is 1. The van der Waals surface area contributed by atoms with Crippen molar-refractivity contribution in [3.05, 3.63) is 18.3 Å². The minimum absolute atomic E-state index is 0.0335. The van der Waals surface area contributed by atoms with E-state index >= 15 is 0 Å². The minimum Gasteiger partial charge on any atom is -0.384 e. The first kappa shape index (κ1) is 14.2. The minimum atomic E-state index is -3.74. The van der Waals surface area contributed by atoms with Gasteiger partial charge in [0.15, 0.2) is 9.84 Å². The van der Waals surface area contributed by atoms with E-state index in [9.17, 15) is 16.8 Å². The van der Waals surface area contributed by atoms with Crippen molar-refractivity contribution in [1.82, 2.24) is 9.29 Å². The van der Waals surface area contributed by atoms with E-state index in [2.05, 4.69) is 4.98 Å². The van der Waals surface area contributed by atoms with Gasteiger partial charge in [-0.2, -0.15) is 4.31 Å². The summed E-state index contributed by atoms with van der Waals surface area (Å²) in [6, 6.07) is 2.03. The monoisotopic (exact) mass is 305 g/mol. The summed E-state index contributed by atoms with van der Waals surface area (Å²) in [6.45, 7) is 1.55. The van der Waals surface area contributed by atoms with Gasteiger partial charge in [0.25, 0.3) is 0 Å². The van der Waals surface area contributed by atoms with Crippen LogP contribution in [0.5, 0.6) is 0 Å². The zero-order chi connectivity index (χ0) is 14.3. The average Bonchev–Trinajstić information content (AvgIpc) is 2.27. The van der Waals surface area contributed by atoms with Crippen LogP contribution in [0.4, 0.5) is 5.82 Å². The molecule has 7 nitrogen and oxygen atoms in total. The Labute approximate surface area is 112 Å². The van der Waals surface area contributed by atoms with Crippen LogP contribution in [0.25, 0.3) is 0 Å². The second-order valence-corrected chi connectivity index (χ2v) is 8.61. The van der Waals surface area contributed by atoms with E-state index in [0.717, 1.165) is 0 Å². The van der Waals surface area contributed by atoms with Gasteiger partial charge in [0.2, 0.25) is 10.0 Å². The summed E-state index contributed by atoms with van der Waals surface area (Å²) in [4.78, 5) is 3.77. The van der Waals surface area contributed by atoms with E-state index in [4.69, 9.17) is 5.73 Å². The largest absolute Gasteiger partial charge is 0.384 e. The Morgan fingerprint density at radius 1 is 1.47 bits per heavy atom. The third kappa shape index (κ3) is 2.88. The maximum absolute atomic E-state index is 12.4. The third-order valence-corrected chi connectivity index (χ3v) is 6.77. The zero-order valence-electron chi connectivity index (χ0n) is 10.4. The quantitative estimate of drug-likeness (QED) is 0.786. The normalized spacial score (nSPS) is 24.2. The lowest BCUT2D eigenvalue weighted by Gasteiger charge is -2.32. The van der Waals surface area contributed by atoms with Crippen LogP contribution in [0.3, 0.4) is 0 Å². The van der Waals surface area contributed by atoms with Gasteiger partial charge in [0.05, 0.1) is 16.4 Å². The maximum atomic E-state index is 12.4. The highest BCUT2D eigenvalue weighted by Crippen LogP contribution is 2.22. The molecular weight excluding hydrogens is 290 g/mol. The van der Waals surface area contributed by atoms with E-state index in [1.165, 1.54) is 22.6 Å². The number of nitrogens with two attached hydrogens (primary N) is 1. The first-order valence-corrected chi connectivity index (χ1v) is 8.92. The molecule has 19 heavy (non-hydrogen) atoms. The number of hydrogen-bond acceptors (Lipinski definition) is 6. The Morgan fingerprint density at radius 2 is 2.16 bits per heavy atom. The second kappa shape index (κ2) is 4.73. The molecule has 2 N–H and O–H groups in total. The molecule has 1 saturated heterocycles. The van der Waals surface area contributed by atoms with E-state index in [0.29, 0.717) is 0 Å². The van der Waals surface area contributed by atoms with Crippen LogP contribution < -0.4 is 5.73 Å². The standard InChI is InChI=1S/C10H15N3O4S2/c1-8-7-18(14,15)5-4-13(8)19(16,17)9-2-3-12-10(11)6-9/h2-3,6,8H,4-5,7H2,1H3,(H2,11,12). The van der Waals surface area contributed by atoms with Crippen LogP contribution in [0.1, 0.15) is 6.92 Å². The molecule has 0 bridgehead atoms. The Hall–Kier alpha value is -1.19. The van der Waals surface area contributed by atoms with Crippen molar-refractivity contribution in [2.24, 2.45) is 0 Å². The molecule has 1 aliphatic rings. The topological polar surface area (TPSA) is 110 Å². The number of sulfonamides is 1. The van der Waals surface area contributed by atoms with E-state index in [-0.39, 0.29) is 28.8 Å². The number of anilines is 1. The highest BCUT2D eigenvalue weighted by molar-refractivity contribution is 7.92. The van der Waals surface area contributed by atoms with Crippen molar-refractivity contribution in [2.75, 3.05) is 23.8 Å². The molecule has 9 heteroatoms. The van der Waals surface area contributed by atoms with Crippen molar-refractivity contribution in [2.45, 2.75) is 17.9 Å². The molecular formula is C10H15N3O4S2. The molecule has 0 amide bonds. The summed E-state index contributed by atoms with van der Waals surface area (Å²) >= 11 is 0. The van der Waals surface area contributed by atoms with Crippen molar-refractivity contribution in [1.29, 1.82) is 0 Å². The molecule has 0 saturated carbocycles. The molecule has 1 fully saturated rings. The third-order valence-electron chi connectivity index (χ3n) is 2.97. The molecule has 1 aromatic rings. The fourth-order valence-corrected chi connectivity index (χ4v) is 5.48. The van der Waals surface area contributed by atoms with Crippen molar-refractivity contribution >= 4 is 25.7 Å². The van der Waals surface area contributed by atoms with Crippen LogP contribution >= 0.6 is 0 Å². The van der Waals surface area contributed by atoms with Crippen LogP contribution in [-0.2, 0) is 19.9 Å². The smallest absolute Gasteiger partial charge is 0.243 e. The number of aromatic nitrogens is 1. The number of hydrogen-bond donors (Lipinski definition) is 1. The van der Waals surface area contributed by atoms with Crippen molar-refractivity contribution in [3.8, 4) is 0 Å². The van der Waals surface area contributed by atoms with Gasteiger partial charge in [-0.1, -0.05) is 0 Å². The molecule has 1 atom stereocenters. The van der Waals surface area contributed by atoms with Gasteiger partial charge in [0.1, 0.15) is 5.82 Å². The zero-order valence-corrected chi connectivity index (χ0v) is 12.0. The number of sulfone groups is 1. The summed E-state index contributed by atoms with van der Waals surface area (Å²) in [5.74, 6) is -0.206. The van der Waals surface area contributed by atoms with Gasteiger partial charge < -0.3 is 5.73 Å². The number of rotatable bonds is 2. The summed E-state index contributed by atoms with van der Waals surface area (Å²) in [5.41, 5.74) is 5.47. The molecule has 1 unspecified atom stereocenters. The Balaban J connectivity index is 2.36. The molecule has 1 aromatic heterocycles. The Morgan fingerprint density at radius 3 is 2.74 bits per heavy atom. The van der Waals surface area contributed by atoms with E-state index in [1.54, 1.807) is 6.92 Å². The summed E-state index contributed by atoms with van der Waals surface area (Å²) in [7, 11) is -6.89. The molecule has 2 rings (SSSR count). The molecule has 106 valence electrons. The van der Waals surface area contributed by atoms with Crippen LogP contribution in [0.2, 0.25) is 0 Å². The van der Waals surface area contributed by atoms with Crippen LogP contribution in [0.15, 0.2) is 23.2 Å². The summed E-state index contributed by atoms with van der Waals surface area (Å²) in [5, 5.41) is 0. The lowest BCUT2D eigenvalue weighted by atomic mass is 10.4. The summed E-state index contributed by atoms with van der Waals surface area (Å²) in [6.07, 6.45) is 1.31. The van der Waals surface area contributed by atoms with Gasteiger partial charge >= 0.3 is 0 Å². The van der Waals surface area contributed by atoms with Gasteiger partial charge in [-0.3, -0.25) is 0 Å². The highest BCUT2D eigenvalue weighted by Gasteiger charge is 2.36. The Kier molecular flexibility index (Phi) is 3.54. The number of nitrogens with zero attached hydrogens (tertiary/aromatic N) is 2. The highest BCUT2D eigenvalue weighted by atomic mass is 32.2. The van der Waals surface area contributed by atoms with Crippen LogP contribution in [0, 0.1) is 0 Å². The SMILES string of the molecule is CC1CS(=O)(=O)CCN1S(=O)(=O)c1ccnc(N)c1. The predicted octanol–water partition coefficient (Wildman–Crippen LogP) is -0.529. The maximum Gasteiger partial charge on any atom is 0.243 e. The Bertz CT molecular complexity index is 684. The molecule has 0 radical (unpaired) electrons.